The maximum absolute atomic E-state index is 12.5. The van der Waals surface area contributed by atoms with E-state index in [2.05, 4.69) is 4.98 Å². The number of benzene rings is 1. The maximum atomic E-state index is 12.5. The molecule has 0 saturated carbocycles. The summed E-state index contributed by atoms with van der Waals surface area (Å²) in [6.07, 6.45) is 1.44. The van der Waals surface area contributed by atoms with Gasteiger partial charge in [-0.2, -0.15) is 0 Å². The summed E-state index contributed by atoms with van der Waals surface area (Å²) in [4.78, 5) is 18.1. The quantitative estimate of drug-likeness (QED) is 0.942. The standard InChI is InChI=1S/C15H15ClN2O2/c1-3-18(14-8-12(19)6-4-10(14)2)15(20)13-7-5-11(16)9-17-13/h4-9,19H,3H2,1-2H3. The molecule has 0 aliphatic rings. The number of aromatic hydroxyl groups is 1. The first-order chi connectivity index (χ1) is 9.52. The third kappa shape index (κ3) is 2.91. The van der Waals surface area contributed by atoms with Crippen LogP contribution >= 0.6 is 11.6 Å². The molecule has 0 aliphatic carbocycles. The van der Waals surface area contributed by atoms with Crippen molar-refractivity contribution in [2.45, 2.75) is 13.8 Å². The van der Waals surface area contributed by atoms with Gasteiger partial charge in [0.15, 0.2) is 0 Å². The smallest absolute Gasteiger partial charge is 0.276 e. The SMILES string of the molecule is CCN(C(=O)c1ccc(Cl)cn1)c1cc(O)ccc1C. The predicted molar refractivity (Wildman–Crippen MR) is 79.4 cm³/mol. The summed E-state index contributed by atoms with van der Waals surface area (Å²) in [7, 11) is 0. The van der Waals surface area contributed by atoms with Crippen molar-refractivity contribution in [3.05, 3.63) is 52.8 Å². The number of aromatic nitrogens is 1. The average Bonchev–Trinajstić information content (AvgIpc) is 2.44. The Kier molecular flexibility index (Phi) is 4.25. The van der Waals surface area contributed by atoms with E-state index in [0.29, 0.717) is 22.9 Å². The number of phenols is 1. The first kappa shape index (κ1) is 14.3. The molecule has 0 fully saturated rings. The van der Waals surface area contributed by atoms with Gasteiger partial charge in [0.05, 0.1) is 10.7 Å². The topological polar surface area (TPSA) is 53.4 Å². The van der Waals surface area contributed by atoms with Gasteiger partial charge in [-0.3, -0.25) is 4.79 Å². The molecule has 20 heavy (non-hydrogen) atoms. The summed E-state index contributed by atoms with van der Waals surface area (Å²) in [6.45, 7) is 4.24. The molecule has 0 aliphatic heterocycles. The fourth-order valence-electron chi connectivity index (χ4n) is 1.95. The second kappa shape index (κ2) is 5.92. The number of carbonyl (C=O) groups is 1. The zero-order chi connectivity index (χ0) is 14.7. The van der Waals surface area contributed by atoms with E-state index < -0.39 is 0 Å². The highest BCUT2D eigenvalue weighted by molar-refractivity contribution is 6.30. The minimum absolute atomic E-state index is 0.126. The fourth-order valence-corrected chi connectivity index (χ4v) is 2.06. The van der Waals surface area contributed by atoms with Gasteiger partial charge in [-0.15, -0.1) is 0 Å². The van der Waals surface area contributed by atoms with Crippen LogP contribution in [0, 0.1) is 6.92 Å². The molecule has 2 aromatic rings. The fraction of sp³-hybridized carbons (Fsp3) is 0.200. The van der Waals surface area contributed by atoms with E-state index in [4.69, 9.17) is 11.6 Å². The second-order valence-electron chi connectivity index (χ2n) is 4.38. The lowest BCUT2D eigenvalue weighted by Crippen LogP contribution is -2.31. The largest absolute Gasteiger partial charge is 0.508 e. The molecule has 2 rings (SSSR count). The number of nitrogens with zero attached hydrogens (tertiary/aromatic N) is 2. The van der Waals surface area contributed by atoms with E-state index in [1.165, 1.54) is 6.20 Å². The van der Waals surface area contributed by atoms with Crippen molar-refractivity contribution in [1.29, 1.82) is 0 Å². The molecule has 1 heterocycles. The number of rotatable bonds is 3. The van der Waals surface area contributed by atoms with Crippen LogP contribution in [0.5, 0.6) is 5.75 Å². The monoisotopic (exact) mass is 290 g/mol. The second-order valence-corrected chi connectivity index (χ2v) is 4.82. The van der Waals surface area contributed by atoms with E-state index >= 15 is 0 Å². The van der Waals surface area contributed by atoms with Crippen LogP contribution in [-0.2, 0) is 0 Å². The van der Waals surface area contributed by atoms with Crippen LogP contribution in [0.2, 0.25) is 5.02 Å². The van der Waals surface area contributed by atoms with Gasteiger partial charge in [0, 0.05) is 18.8 Å². The predicted octanol–water partition coefficient (Wildman–Crippen LogP) is 3.42. The van der Waals surface area contributed by atoms with E-state index in [0.717, 1.165) is 5.56 Å². The van der Waals surface area contributed by atoms with Crippen molar-refractivity contribution in [1.82, 2.24) is 4.98 Å². The van der Waals surface area contributed by atoms with Crippen molar-refractivity contribution in [3.63, 3.8) is 0 Å². The van der Waals surface area contributed by atoms with Gasteiger partial charge in [0.25, 0.3) is 5.91 Å². The molecular formula is C15H15ClN2O2. The molecule has 104 valence electrons. The number of aryl methyl sites for hydroxylation is 1. The Morgan fingerprint density at radius 1 is 1.35 bits per heavy atom. The van der Waals surface area contributed by atoms with Gasteiger partial charge >= 0.3 is 0 Å². The molecule has 1 aromatic carbocycles. The summed E-state index contributed by atoms with van der Waals surface area (Å²) < 4.78 is 0. The minimum Gasteiger partial charge on any atom is -0.508 e. The highest BCUT2D eigenvalue weighted by atomic mass is 35.5. The Labute approximate surface area is 122 Å². The highest BCUT2D eigenvalue weighted by Crippen LogP contribution is 2.26. The molecule has 1 amide bonds. The first-order valence-corrected chi connectivity index (χ1v) is 6.63. The molecule has 0 bridgehead atoms. The third-order valence-corrected chi connectivity index (χ3v) is 3.21. The number of anilines is 1. The summed E-state index contributed by atoms with van der Waals surface area (Å²) in [5.74, 6) is -0.0984. The molecule has 0 unspecified atom stereocenters. The molecule has 5 heteroatoms. The van der Waals surface area contributed by atoms with Crippen LogP contribution < -0.4 is 4.90 Å². The zero-order valence-corrected chi connectivity index (χ0v) is 12.1. The molecule has 1 N–H and O–H groups in total. The summed E-state index contributed by atoms with van der Waals surface area (Å²) >= 11 is 5.77. The van der Waals surface area contributed by atoms with Gasteiger partial charge in [-0.05, 0) is 37.6 Å². The molecule has 4 nitrogen and oxygen atoms in total. The number of carbonyl (C=O) groups excluding carboxylic acids is 1. The molecule has 0 atom stereocenters. The molecular weight excluding hydrogens is 276 g/mol. The van der Waals surface area contributed by atoms with Crippen LogP contribution in [0.3, 0.4) is 0 Å². The maximum Gasteiger partial charge on any atom is 0.276 e. The summed E-state index contributed by atoms with van der Waals surface area (Å²) in [5.41, 5.74) is 1.90. The van der Waals surface area contributed by atoms with Crippen molar-refractivity contribution < 1.29 is 9.90 Å². The summed E-state index contributed by atoms with van der Waals surface area (Å²) in [5, 5.41) is 10.1. The van der Waals surface area contributed by atoms with Gasteiger partial charge in [-0.1, -0.05) is 17.7 Å². The Morgan fingerprint density at radius 3 is 2.70 bits per heavy atom. The van der Waals surface area contributed by atoms with Crippen LogP contribution in [0.4, 0.5) is 5.69 Å². The van der Waals surface area contributed by atoms with Crippen LogP contribution in [0.1, 0.15) is 23.0 Å². The van der Waals surface area contributed by atoms with E-state index in [1.807, 2.05) is 13.8 Å². The molecule has 1 aromatic heterocycles. The average molecular weight is 291 g/mol. The van der Waals surface area contributed by atoms with Crippen LogP contribution in [0.25, 0.3) is 0 Å². The van der Waals surface area contributed by atoms with E-state index in [-0.39, 0.29) is 11.7 Å². The highest BCUT2D eigenvalue weighted by Gasteiger charge is 2.19. The Bertz CT molecular complexity index is 626. The van der Waals surface area contributed by atoms with Crippen molar-refractivity contribution in [2.75, 3.05) is 11.4 Å². The minimum atomic E-state index is -0.224. The van der Waals surface area contributed by atoms with Gasteiger partial charge < -0.3 is 10.0 Å². The van der Waals surface area contributed by atoms with Gasteiger partial charge in [0.1, 0.15) is 11.4 Å². The molecule has 0 saturated heterocycles. The Balaban J connectivity index is 2.39. The first-order valence-electron chi connectivity index (χ1n) is 6.26. The third-order valence-electron chi connectivity index (χ3n) is 2.99. The lowest BCUT2D eigenvalue weighted by molar-refractivity contribution is 0.0983. The van der Waals surface area contributed by atoms with Crippen molar-refractivity contribution in [3.8, 4) is 5.75 Å². The molecule has 0 radical (unpaired) electrons. The normalized spacial score (nSPS) is 10.3. The van der Waals surface area contributed by atoms with Crippen molar-refractivity contribution >= 4 is 23.2 Å². The number of phenolic OH excluding ortho intramolecular Hbond substituents is 1. The lowest BCUT2D eigenvalue weighted by Gasteiger charge is -2.22. The van der Waals surface area contributed by atoms with E-state index in [1.54, 1.807) is 35.2 Å². The van der Waals surface area contributed by atoms with Crippen LogP contribution in [0.15, 0.2) is 36.5 Å². The lowest BCUT2D eigenvalue weighted by atomic mass is 10.1. The number of hydrogen-bond donors (Lipinski definition) is 1. The Hall–Kier alpha value is -2.07. The number of hydrogen-bond acceptors (Lipinski definition) is 3. The number of amides is 1. The van der Waals surface area contributed by atoms with Gasteiger partial charge in [0.2, 0.25) is 0 Å². The number of halogens is 1. The molecule has 0 spiro atoms. The van der Waals surface area contributed by atoms with Gasteiger partial charge in [-0.25, -0.2) is 4.98 Å². The Morgan fingerprint density at radius 2 is 2.10 bits per heavy atom. The van der Waals surface area contributed by atoms with Crippen molar-refractivity contribution in [2.24, 2.45) is 0 Å². The zero-order valence-electron chi connectivity index (χ0n) is 11.3. The summed E-state index contributed by atoms with van der Waals surface area (Å²) in [6, 6.07) is 8.16. The number of pyridine rings is 1. The van der Waals surface area contributed by atoms with Crippen LogP contribution in [-0.4, -0.2) is 22.5 Å². The van der Waals surface area contributed by atoms with E-state index in [9.17, 15) is 9.90 Å².